The molecule has 0 bridgehead atoms. The highest BCUT2D eigenvalue weighted by atomic mass is 16.5. The molecule has 5 rings (SSSR count). The highest BCUT2D eigenvalue weighted by Crippen LogP contribution is 2.25. The number of fused-ring (bicyclic) bond motifs is 1. The third kappa shape index (κ3) is 4.96. The molecule has 176 valence electrons. The number of anilines is 1. The first-order valence-electron chi connectivity index (χ1n) is 11.6. The normalized spacial score (nSPS) is 10.7. The average Bonchev–Trinajstić information content (AvgIpc) is 3.32. The Morgan fingerprint density at radius 3 is 2.61 bits per heavy atom. The molecule has 0 radical (unpaired) electrons. The molecular formula is C30H24N4O2. The van der Waals surface area contributed by atoms with Crippen molar-refractivity contribution < 1.29 is 9.53 Å². The maximum Gasteiger partial charge on any atom is 0.228 e. The highest BCUT2D eigenvalue weighted by molar-refractivity contribution is 5.93. The van der Waals surface area contributed by atoms with Crippen LogP contribution in [0.2, 0.25) is 0 Å². The lowest BCUT2D eigenvalue weighted by Crippen LogP contribution is -2.15. The van der Waals surface area contributed by atoms with E-state index in [1.807, 2.05) is 90.6 Å². The van der Waals surface area contributed by atoms with Crippen molar-refractivity contribution in [3.05, 3.63) is 120 Å². The van der Waals surface area contributed by atoms with E-state index in [1.54, 1.807) is 18.2 Å². The SMILES string of the molecule is Cc1cc(NC(=O)Cc2cc(C#N)ccc2OCc2ccccc2)ccc1-n1cnc2ccccc21. The molecule has 5 aromatic rings. The Balaban J connectivity index is 1.32. The predicted molar refractivity (Wildman–Crippen MR) is 140 cm³/mol. The molecule has 4 aromatic carbocycles. The van der Waals surface area contributed by atoms with Crippen LogP contribution in [0.3, 0.4) is 0 Å². The number of ether oxygens (including phenoxy) is 1. The Morgan fingerprint density at radius 1 is 1.00 bits per heavy atom. The number of aromatic nitrogens is 2. The standard InChI is InChI=1S/C30H24N4O2/c1-21-15-25(12-13-27(21)34-20-32-26-9-5-6-10-28(26)34)33-30(35)17-24-16-23(18-31)11-14-29(24)36-19-22-7-3-2-4-8-22/h2-16,20H,17,19H2,1H3,(H,33,35). The molecule has 1 amide bonds. The first kappa shape index (κ1) is 22.9. The number of hydrogen-bond donors (Lipinski definition) is 1. The fourth-order valence-corrected chi connectivity index (χ4v) is 4.20. The van der Waals surface area contributed by atoms with E-state index in [2.05, 4.69) is 16.4 Å². The van der Waals surface area contributed by atoms with E-state index >= 15 is 0 Å². The van der Waals surface area contributed by atoms with Crippen LogP contribution >= 0.6 is 0 Å². The second-order valence-corrected chi connectivity index (χ2v) is 8.54. The van der Waals surface area contributed by atoms with Crippen LogP contribution in [0.25, 0.3) is 16.7 Å². The van der Waals surface area contributed by atoms with Gasteiger partial charge in [0.15, 0.2) is 0 Å². The Bertz CT molecular complexity index is 1580. The van der Waals surface area contributed by atoms with Gasteiger partial charge in [-0.05, 0) is 66.6 Å². The molecule has 1 heterocycles. The van der Waals surface area contributed by atoms with E-state index in [1.165, 1.54) is 0 Å². The number of carbonyl (C=O) groups excluding carboxylic acids is 1. The zero-order valence-corrected chi connectivity index (χ0v) is 19.8. The molecule has 0 atom stereocenters. The van der Waals surface area contributed by atoms with Gasteiger partial charge in [0.05, 0.1) is 34.8 Å². The van der Waals surface area contributed by atoms with Gasteiger partial charge in [-0.15, -0.1) is 0 Å². The number of imidazole rings is 1. The largest absolute Gasteiger partial charge is 0.489 e. The summed E-state index contributed by atoms with van der Waals surface area (Å²) in [6, 6.07) is 30.9. The van der Waals surface area contributed by atoms with Gasteiger partial charge < -0.3 is 10.1 Å². The van der Waals surface area contributed by atoms with Crippen molar-refractivity contribution in [1.82, 2.24) is 9.55 Å². The number of benzene rings is 4. The maximum absolute atomic E-state index is 12.9. The second kappa shape index (κ2) is 10.2. The summed E-state index contributed by atoms with van der Waals surface area (Å²) in [4.78, 5) is 17.4. The number of nitrogens with one attached hydrogen (secondary N) is 1. The van der Waals surface area contributed by atoms with Gasteiger partial charge >= 0.3 is 0 Å². The minimum Gasteiger partial charge on any atom is -0.489 e. The van der Waals surface area contributed by atoms with E-state index in [0.717, 1.165) is 27.8 Å². The molecule has 0 unspecified atom stereocenters. The Hall–Kier alpha value is -4.89. The summed E-state index contributed by atoms with van der Waals surface area (Å²) < 4.78 is 8.03. The van der Waals surface area contributed by atoms with Crippen molar-refractivity contribution >= 4 is 22.6 Å². The van der Waals surface area contributed by atoms with Crippen LogP contribution in [0.5, 0.6) is 5.75 Å². The summed E-state index contributed by atoms with van der Waals surface area (Å²) in [7, 11) is 0. The topological polar surface area (TPSA) is 79.9 Å². The van der Waals surface area contributed by atoms with E-state index in [4.69, 9.17) is 4.74 Å². The number of amides is 1. The van der Waals surface area contributed by atoms with Gasteiger partial charge in [0.2, 0.25) is 5.91 Å². The molecule has 0 fully saturated rings. The van der Waals surface area contributed by atoms with Gasteiger partial charge in [0, 0.05) is 11.3 Å². The quantitative estimate of drug-likeness (QED) is 0.317. The Kier molecular flexibility index (Phi) is 6.46. The summed E-state index contributed by atoms with van der Waals surface area (Å²) in [6.45, 7) is 2.39. The van der Waals surface area contributed by atoms with Gasteiger partial charge in [-0.25, -0.2) is 4.98 Å². The molecule has 6 heteroatoms. The number of carbonyl (C=O) groups is 1. The smallest absolute Gasteiger partial charge is 0.228 e. The lowest BCUT2D eigenvalue weighted by Gasteiger charge is -2.14. The van der Waals surface area contributed by atoms with Crippen LogP contribution in [0.15, 0.2) is 97.3 Å². The zero-order valence-electron chi connectivity index (χ0n) is 19.8. The van der Waals surface area contributed by atoms with Gasteiger partial charge in [-0.1, -0.05) is 42.5 Å². The maximum atomic E-state index is 12.9. The summed E-state index contributed by atoms with van der Waals surface area (Å²) in [5.41, 5.74) is 6.84. The average molecular weight is 473 g/mol. The first-order valence-corrected chi connectivity index (χ1v) is 11.6. The van der Waals surface area contributed by atoms with Gasteiger partial charge in [-0.3, -0.25) is 9.36 Å². The monoisotopic (exact) mass is 472 g/mol. The van der Waals surface area contributed by atoms with Crippen molar-refractivity contribution in [3.8, 4) is 17.5 Å². The number of para-hydroxylation sites is 2. The van der Waals surface area contributed by atoms with Gasteiger partial charge in [0.25, 0.3) is 0 Å². The molecule has 0 spiro atoms. The Labute approximate surface area is 209 Å². The molecule has 0 saturated heterocycles. The van der Waals surface area contributed by atoms with Crippen molar-refractivity contribution in [3.63, 3.8) is 0 Å². The summed E-state index contributed by atoms with van der Waals surface area (Å²) >= 11 is 0. The van der Waals surface area contributed by atoms with Crippen LogP contribution in [0.1, 0.15) is 22.3 Å². The third-order valence-corrected chi connectivity index (χ3v) is 5.97. The third-order valence-electron chi connectivity index (χ3n) is 5.97. The number of hydrogen-bond acceptors (Lipinski definition) is 4. The van der Waals surface area contributed by atoms with Crippen molar-refractivity contribution in [2.45, 2.75) is 20.0 Å². The highest BCUT2D eigenvalue weighted by Gasteiger charge is 2.13. The predicted octanol–water partition coefficient (Wildman–Crippen LogP) is 5.97. The molecular weight excluding hydrogens is 448 g/mol. The fraction of sp³-hybridized carbons (Fsp3) is 0.100. The molecule has 0 saturated carbocycles. The lowest BCUT2D eigenvalue weighted by molar-refractivity contribution is -0.115. The van der Waals surface area contributed by atoms with Crippen LogP contribution in [-0.4, -0.2) is 15.5 Å². The summed E-state index contributed by atoms with van der Waals surface area (Å²) in [5, 5.41) is 12.3. The molecule has 1 N–H and O–H groups in total. The minimum atomic E-state index is -0.185. The zero-order chi connectivity index (χ0) is 24.9. The molecule has 0 aliphatic rings. The number of nitrogens with zero attached hydrogens (tertiary/aromatic N) is 3. The molecule has 36 heavy (non-hydrogen) atoms. The summed E-state index contributed by atoms with van der Waals surface area (Å²) in [5.74, 6) is 0.404. The van der Waals surface area contributed by atoms with E-state index in [-0.39, 0.29) is 12.3 Å². The Morgan fingerprint density at radius 2 is 1.81 bits per heavy atom. The van der Waals surface area contributed by atoms with Gasteiger partial charge in [-0.2, -0.15) is 5.26 Å². The number of nitriles is 1. The summed E-state index contributed by atoms with van der Waals surface area (Å²) in [6.07, 6.45) is 1.90. The van der Waals surface area contributed by atoms with Crippen molar-refractivity contribution in [2.24, 2.45) is 0 Å². The van der Waals surface area contributed by atoms with Gasteiger partial charge in [0.1, 0.15) is 18.7 Å². The van der Waals surface area contributed by atoms with Crippen LogP contribution in [0.4, 0.5) is 5.69 Å². The fourth-order valence-electron chi connectivity index (χ4n) is 4.20. The van der Waals surface area contributed by atoms with Crippen LogP contribution in [-0.2, 0) is 17.8 Å². The number of rotatable bonds is 7. The molecule has 0 aliphatic heterocycles. The van der Waals surface area contributed by atoms with Crippen molar-refractivity contribution in [2.75, 3.05) is 5.32 Å². The molecule has 1 aromatic heterocycles. The van der Waals surface area contributed by atoms with Crippen LogP contribution in [0, 0.1) is 18.3 Å². The second-order valence-electron chi connectivity index (χ2n) is 8.54. The van der Waals surface area contributed by atoms with Crippen molar-refractivity contribution in [1.29, 1.82) is 5.26 Å². The number of aryl methyl sites for hydroxylation is 1. The van der Waals surface area contributed by atoms with E-state index in [0.29, 0.717) is 29.2 Å². The molecule has 6 nitrogen and oxygen atoms in total. The van der Waals surface area contributed by atoms with E-state index < -0.39 is 0 Å². The first-order chi connectivity index (χ1) is 17.6. The van der Waals surface area contributed by atoms with Crippen LogP contribution < -0.4 is 10.1 Å². The lowest BCUT2D eigenvalue weighted by atomic mass is 10.1. The molecule has 0 aliphatic carbocycles. The van der Waals surface area contributed by atoms with E-state index in [9.17, 15) is 10.1 Å². The minimum absolute atomic E-state index is 0.0899.